The summed E-state index contributed by atoms with van der Waals surface area (Å²) in [5.74, 6) is -0.283. The number of aliphatic hydroxyl groups excluding tert-OH is 1. The van der Waals surface area contributed by atoms with E-state index in [1.165, 1.54) is 11.9 Å². The maximum absolute atomic E-state index is 12.0. The molecule has 2 rings (SSSR count). The Labute approximate surface area is 152 Å². The number of ether oxygens (including phenoxy) is 3. The number of imide groups is 1. The third-order valence-electron chi connectivity index (χ3n) is 4.14. The summed E-state index contributed by atoms with van der Waals surface area (Å²) in [6.07, 6.45) is -1.11. The molecule has 1 fully saturated rings. The number of benzene rings is 1. The number of urea groups is 1. The van der Waals surface area contributed by atoms with Crippen LogP contribution in [0.3, 0.4) is 0 Å². The molecule has 0 aromatic heterocycles. The Morgan fingerprint density at radius 2 is 2.08 bits per heavy atom. The van der Waals surface area contributed by atoms with Crippen LogP contribution in [0.1, 0.15) is 6.92 Å². The van der Waals surface area contributed by atoms with Crippen molar-refractivity contribution in [3.8, 4) is 5.75 Å². The molecule has 0 saturated carbocycles. The first-order chi connectivity index (χ1) is 12.4. The van der Waals surface area contributed by atoms with Crippen molar-refractivity contribution in [3.63, 3.8) is 0 Å². The molecule has 8 nitrogen and oxygen atoms in total. The van der Waals surface area contributed by atoms with Gasteiger partial charge in [0.25, 0.3) is 5.91 Å². The van der Waals surface area contributed by atoms with E-state index >= 15 is 0 Å². The second-order valence-corrected chi connectivity index (χ2v) is 5.97. The second-order valence-electron chi connectivity index (χ2n) is 5.97. The Morgan fingerprint density at radius 3 is 2.73 bits per heavy atom. The molecule has 8 heteroatoms. The smallest absolute Gasteiger partial charge is 0.326 e. The summed E-state index contributed by atoms with van der Waals surface area (Å²) in [6, 6.07) is 8.56. The molecule has 1 aromatic rings. The standard InChI is InChI=1S/C18H24N2O6/c1-4-15(21)19-18(23)20(3)17-12(2)16(22)14(26-17)10-24-11-25-13-8-6-5-7-9-13/h4-9,12,14,16-17,22H,1,10-11H2,2-3H3,(H,19,21,23)/t12-,14-,16+,17-/m1/s1. The van der Waals surface area contributed by atoms with E-state index in [1.54, 1.807) is 19.1 Å². The first kappa shape index (κ1) is 19.9. The molecule has 2 N–H and O–H groups in total. The monoisotopic (exact) mass is 364 g/mol. The number of carbonyl (C=O) groups is 2. The van der Waals surface area contributed by atoms with Crippen LogP contribution in [0.15, 0.2) is 43.0 Å². The molecule has 1 aliphatic heterocycles. The molecule has 26 heavy (non-hydrogen) atoms. The third kappa shape index (κ3) is 5.04. The van der Waals surface area contributed by atoms with Crippen LogP contribution in [0.4, 0.5) is 4.79 Å². The van der Waals surface area contributed by atoms with E-state index in [4.69, 9.17) is 14.2 Å². The van der Waals surface area contributed by atoms with E-state index in [1.807, 2.05) is 18.2 Å². The average Bonchev–Trinajstić information content (AvgIpc) is 2.93. The number of rotatable bonds is 7. The van der Waals surface area contributed by atoms with Crippen molar-refractivity contribution in [1.82, 2.24) is 10.2 Å². The average molecular weight is 364 g/mol. The zero-order valence-corrected chi connectivity index (χ0v) is 14.8. The number of amides is 3. The molecule has 0 aliphatic carbocycles. The quantitative estimate of drug-likeness (QED) is 0.427. The first-order valence-corrected chi connectivity index (χ1v) is 8.23. The van der Waals surface area contributed by atoms with Gasteiger partial charge in [0.05, 0.1) is 12.7 Å². The zero-order chi connectivity index (χ0) is 19.1. The number of hydrogen-bond acceptors (Lipinski definition) is 6. The summed E-state index contributed by atoms with van der Waals surface area (Å²) in [5, 5.41) is 12.5. The Bertz CT molecular complexity index is 623. The van der Waals surface area contributed by atoms with E-state index in [-0.39, 0.29) is 19.3 Å². The van der Waals surface area contributed by atoms with Crippen LogP contribution in [-0.4, -0.2) is 60.8 Å². The van der Waals surface area contributed by atoms with Crippen LogP contribution < -0.4 is 10.1 Å². The van der Waals surface area contributed by atoms with Gasteiger partial charge in [0, 0.05) is 13.0 Å². The van der Waals surface area contributed by atoms with Crippen LogP contribution in [0.2, 0.25) is 0 Å². The fourth-order valence-electron chi connectivity index (χ4n) is 2.62. The molecular weight excluding hydrogens is 340 g/mol. The summed E-state index contributed by atoms with van der Waals surface area (Å²) in [7, 11) is 1.49. The summed E-state index contributed by atoms with van der Waals surface area (Å²) in [5.41, 5.74) is 0. The van der Waals surface area contributed by atoms with E-state index in [9.17, 15) is 14.7 Å². The van der Waals surface area contributed by atoms with Gasteiger partial charge in [-0.1, -0.05) is 31.7 Å². The van der Waals surface area contributed by atoms with Gasteiger partial charge in [0.2, 0.25) is 0 Å². The lowest BCUT2D eigenvalue weighted by molar-refractivity contribution is -0.116. The fraction of sp³-hybridized carbons (Fsp3) is 0.444. The maximum atomic E-state index is 12.0. The Kier molecular flexibility index (Phi) is 7.14. The van der Waals surface area contributed by atoms with E-state index in [0.717, 1.165) is 6.08 Å². The minimum atomic E-state index is -0.818. The third-order valence-corrected chi connectivity index (χ3v) is 4.14. The van der Waals surface area contributed by atoms with Crippen molar-refractivity contribution in [2.75, 3.05) is 20.4 Å². The fourth-order valence-corrected chi connectivity index (χ4v) is 2.62. The van der Waals surface area contributed by atoms with Gasteiger partial charge in [-0.2, -0.15) is 0 Å². The van der Waals surface area contributed by atoms with E-state index in [0.29, 0.717) is 5.75 Å². The molecule has 3 amide bonds. The summed E-state index contributed by atoms with van der Waals surface area (Å²) in [4.78, 5) is 24.5. The molecule has 1 aromatic carbocycles. The molecule has 0 radical (unpaired) electrons. The number of carbonyl (C=O) groups excluding carboxylic acids is 2. The van der Waals surface area contributed by atoms with Crippen molar-refractivity contribution in [3.05, 3.63) is 43.0 Å². The summed E-state index contributed by atoms with van der Waals surface area (Å²) < 4.78 is 16.6. The van der Waals surface area contributed by atoms with Crippen molar-refractivity contribution < 1.29 is 28.9 Å². The van der Waals surface area contributed by atoms with Gasteiger partial charge in [-0.25, -0.2) is 4.79 Å². The highest BCUT2D eigenvalue weighted by Gasteiger charge is 2.44. The molecule has 1 heterocycles. The SMILES string of the molecule is C=CC(=O)NC(=O)N(C)[C@@H]1O[C@H](COCOc2ccccc2)[C@@H](O)[C@H]1C. The minimum Gasteiger partial charge on any atom is -0.468 e. The van der Waals surface area contributed by atoms with Gasteiger partial charge in [0.15, 0.2) is 6.79 Å². The lowest BCUT2D eigenvalue weighted by atomic mass is 10.0. The second kappa shape index (κ2) is 9.33. The predicted molar refractivity (Wildman–Crippen MR) is 93.2 cm³/mol. The normalized spacial score (nSPS) is 24.7. The van der Waals surface area contributed by atoms with E-state index in [2.05, 4.69) is 11.9 Å². The number of nitrogens with zero attached hydrogens (tertiary/aromatic N) is 1. The van der Waals surface area contributed by atoms with Gasteiger partial charge < -0.3 is 24.2 Å². The topological polar surface area (TPSA) is 97.3 Å². The van der Waals surface area contributed by atoms with Crippen molar-refractivity contribution in [1.29, 1.82) is 0 Å². The predicted octanol–water partition coefficient (Wildman–Crippen LogP) is 1.12. The zero-order valence-electron chi connectivity index (χ0n) is 14.8. The molecule has 4 atom stereocenters. The van der Waals surface area contributed by atoms with Crippen LogP contribution in [0.5, 0.6) is 5.75 Å². The highest BCUT2D eigenvalue weighted by atomic mass is 16.7. The Hall–Kier alpha value is -2.42. The number of aliphatic hydroxyl groups is 1. The number of hydrogen-bond donors (Lipinski definition) is 2. The van der Waals surface area contributed by atoms with E-state index < -0.39 is 30.4 Å². The van der Waals surface area contributed by atoms with Gasteiger partial charge in [-0.15, -0.1) is 0 Å². The van der Waals surface area contributed by atoms with Crippen LogP contribution >= 0.6 is 0 Å². The minimum absolute atomic E-state index is 0.0137. The van der Waals surface area contributed by atoms with Crippen molar-refractivity contribution >= 4 is 11.9 Å². The van der Waals surface area contributed by atoms with Crippen molar-refractivity contribution in [2.45, 2.75) is 25.4 Å². The van der Waals surface area contributed by atoms with Gasteiger partial charge in [-0.05, 0) is 18.2 Å². The summed E-state index contributed by atoms with van der Waals surface area (Å²) in [6.45, 7) is 5.17. The summed E-state index contributed by atoms with van der Waals surface area (Å²) >= 11 is 0. The molecule has 0 spiro atoms. The Morgan fingerprint density at radius 1 is 1.38 bits per heavy atom. The van der Waals surface area contributed by atoms with Crippen molar-refractivity contribution in [2.24, 2.45) is 5.92 Å². The number of para-hydroxylation sites is 1. The maximum Gasteiger partial charge on any atom is 0.326 e. The molecular formula is C18H24N2O6. The first-order valence-electron chi connectivity index (χ1n) is 8.23. The van der Waals surface area contributed by atoms with Gasteiger partial charge in [-0.3, -0.25) is 10.1 Å². The Balaban J connectivity index is 1.81. The molecule has 1 saturated heterocycles. The highest BCUT2D eigenvalue weighted by molar-refractivity contribution is 5.99. The van der Waals surface area contributed by atoms with Gasteiger partial charge in [0.1, 0.15) is 18.1 Å². The molecule has 0 unspecified atom stereocenters. The van der Waals surface area contributed by atoms with Crippen LogP contribution in [0, 0.1) is 5.92 Å². The lowest BCUT2D eigenvalue weighted by Crippen LogP contribution is -2.47. The van der Waals surface area contributed by atoms with Gasteiger partial charge >= 0.3 is 6.03 Å². The highest BCUT2D eigenvalue weighted by Crippen LogP contribution is 2.29. The largest absolute Gasteiger partial charge is 0.468 e. The molecule has 142 valence electrons. The molecule has 1 aliphatic rings. The lowest BCUT2D eigenvalue weighted by Gasteiger charge is -2.26. The number of nitrogens with one attached hydrogen (secondary N) is 1. The van der Waals surface area contributed by atoms with Crippen LogP contribution in [-0.2, 0) is 14.3 Å². The van der Waals surface area contributed by atoms with Crippen LogP contribution in [0.25, 0.3) is 0 Å². The molecule has 0 bridgehead atoms.